The van der Waals surface area contributed by atoms with Gasteiger partial charge in [-0.3, -0.25) is 9.59 Å². The summed E-state index contributed by atoms with van der Waals surface area (Å²) < 4.78 is 10.6. The fourth-order valence-electron chi connectivity index (χ4n) is 3.94. The maximum absolute atomic E-state index is 11.9. The van der Waals surface area contributed by atoms with Gasteiger partial charge in [0, 0.05) is 12.8 Å². The van der Waals surface area contributed by atoms with E-state index in [1.54, 1.807) is 6.07 Å². The molecule has 4 heteroatoms. The van der Waals surface area contributed by atoms with E-state index in [1.165, 1.54) is 77.0 Å². The molecule has 0 fully saturated rings. The minimum Gasteiger partial charge on any atom is -0.466 e. The molecule has 1 rings (SSSR count). The zero-order valence-corrected chi connectivity index (χ0v) is 21.4. The van der Waals surface area contributed by atoms with Crippen LogP contribution in [0.1, 0.15) is 129 Å². The molecular formula is C29H48O4. The van der Waals surface area contributed by atoms with Crippen LogP contribution in [0.3, 0.4) is 0 Å². The molecule has 0 bridgehead atoms. The van der Waals surface area contributed by atoms with Crippen molar-refractivity contribution in [2.75, 3.05) is 6.61 Å². The third kappa shape index (κ3) is 17.3. The summed E-state index contributed by atoms with van der Waals surface area (Å²) in [5.41, 5.74) is 1.13. The van der Waals surface area contributed by atoms with Crippen LogP contribution in [0, 0.1) is 0 Å². The molecule has 0 aromatic heterocycles. The van der Waals surface area contributed by atoms with Crippen molar-refractivity contribution in [3.8, 4) is 5.75 Å². The second-order valence-electron chi connectivity index (χ2n) is 9.15. The third-order valence-corrected chi connectivity index (χ3v) is 6.06. The van der Waals surface area contributed by atoms with E-state index in [1.807, 2.05) is 18.2 Å². The Morgan fingerprint density at radius 1 is 0.667 bits per heavy atom. The van der Waals surface area contributed by atoms with Crippen LogP contribution in [0.5, 0.6) is 5.75 Å². The molecule has 0 N–H and O–H groups in total. The second kappa shape index (κ2) is 20.7. The Hall–Kier alpha value is -1.84. The van der Waals surface area contributed by atoms with Crippen LogP contribution in [0.15, 0.2) is 24.3 Å². The Kier molecular flexibility index (Phi) is 18.4. The monoisotopic (exact) mass is 460 g/mol. The highest BCUT2D eigenvalue weighted by Gasteiger charge is 2.08. The van der Waals surface area contributed by atoms with Crippen molar-refractivity contribution < 1.29 is 19.1 Å². The largest absolute Gasteiger partial charge is 0.466 e. The van der Waals surface area contributed by atoms with Crippen molar-refractivity contribution in [2.24, 2.45) is 0 Å². The number of benzene rings is 1. The van der Waals surface area contributed by atoms with Crippen molar-refractivity contribution in [3.05, 3.63) is 29.8 Å². The molecule has 1 aromatic carbocycles. The Morgan fingerprint density at radius 2 is 1.21 bits per heavy atom. The van der Waals surface area contributed by atoms with E-state index in [4.69, 9.17) is 9.47 Å². The maximum Gasteiger partial charge on any atom is 0.311 e. The van der Waals surface area contributed by atoms with Gasteiger partial charge in [-0.2, -0.15) is 0 Å². The van der Waals surface area contributed by atoms with Crippen LogP contribution >= 0.6 is 0 Å². The lowest BCUT2D eigenvalue weighted by Gasteiger charge is -2.07. The average Bonchev–Trinajstić information content (AvgIpc) is 2.81. The van der Waals surface area contributed by atoms with Gasteiger partial charge in [-0.05, 0) is 37.0 Å². The lowest BCUT2D eigenvalue weighted by Crippen LogP contribution is -2.10. The molecule has 0 saturated heterocycles. The first-order chi connectivity index (χ1) is 16.2. The molecule has 4 nitrogen and oxygen atoms in total. The van der Waals surface area contributed by atoms with E-state index in [-0.39, 0.29) is 24.8 Å². The van der Waals surface area contributed by atoms with Gasteiger partial charge in [0.15, 0.2) is 0 Å². The zero-order valence-electron chi connectivity index (χ0n) is 21.4. The molecule has 0 aliphatic carbocycles. The third-order valence-electron chi connectivity index (χ3n) is 6.06. The van der Waals surface area contributed by atoms with Crippen LogP contribution in [-0.2, 0) is 20.7 Å². The fourth-order valence-corrected chi connectivity index (χ4v) is 3.94. The Balaban J connectivity index is 1.87. The number of esters is 2. The summed E-state index contributed by atoms with van der Waals surface area (Å²) in [6.07, 6.45) is 20.2. The highest BCUT2D eigenvalue weighted by atomic mass is 16.5. The van der Waals surface area contributed by atoms with Gasteiger partial charge in [0.25, 0.3) is 0 Å². The zero-order chi connectivity index (χ0) is 24.0. The number of hydrogen-bond donors (Lipinski definition) is 0. The van der Waals surface area contributed by atoms with Crippen LogP contribution in [0.25, 0.3) is 0 Å². The summed E-state index contributed by atoms with van der Waals surface area (Å²) in [6.45, 7) is 4.82. The first kappa shape index (κ1) is 29.2. The van der Waals surface area contributed by atoms with Crippen molar-refractivity contribution in [3.63, 3.8) is 0 Å². The van der Waals surface area contributed by atoms with Crippen LogP contribution in [0.2, 0.25) is 0 Å². The number of hydrogen-bond acceptors (Lipinski definition) is 4. The molecule has 0 radical (unpaired) electrons. The van der Waals surface area contributed by atoms with Gasteiger partial charge >= 0.3 is 11.9 Å². The van der Waals surface area contributed by atoms with E-state index in [2.05, 4.69) is 13.8 Å². The van der Waals surface area contributed by atoms with Crippen LogP contribution in [-0.4, -0.2) is 18.5 Å². The van der Waals surface area contributed by atoms with E-state index >= 15 is 0 Å². The predicted octanol–water partition coefficient (Wildman–Crippen LogP) is 8.35. The minimum absolute atomic E-state index is 0.217. The SMILES string of the molecule is CCCCCCCCCCCCCCCCOC(=O)CCCC(=O)Oc1cccc(CC)c1. The van der Waals surface area contributed by atoms with Crippen molar-refractivity contribution in [2.45, 2.75) is 129 Å². The number of rotatable bonds is 21. The molecule has 0 saturated carbocycles. The van der Waals surface area contributed by atoms with Gasteiger partial charge in [-0.25, -0.2) is 0 Å². The summed E-state index contributed by atoms with van der Waals surface area (Å²) in [5.74, 6) is 0.0493. The Labute approximate surface area is 202 Å². The highest BCUT2D eigenvalue weighted by molar-refractivity contribution is 5.74. The van der Waals surface area contributed by atoms with E-state index in [0.717, 1.165) is 24.8 Å². The standard InChI is InChI=1S/C29H48O4/c1-3-5-6-7-8-9-10-11-12-13-14-15-16-17-24-32-28(30)22-19-23-29(31)33-27-21-18-20-26(4-2)25-27/h18,20-21,25H,3-17,19,22-24H2,1-2H3. The number of carbonyl (C=O) groups excluding carboxylic acids is 2. The number of ether oxygens (including phenoxy) is 2. The van der Waals surface area contributed by atoms with E-state index in [9.17, 15) is 9.59 Å². The average molecular weight is 461 g/mol. The van der Waals surface area contributed by atoms with Crippen molar-refractivity contribution in [1.82, 2.24) is 0 Å². The predicted molar refractivity (Wildman–Crippen MR) is 137 cm³/mol. The molecular weight excluding hydrogens is 412 g/mol. The molecule has 0 atom stereocenters. The van der Waals surface area contributed by atoms with Gasteiger partial charge < -0.3 is 9.47 Å². The number of unbranched alkanes of at least 4 members (excludes halogenated alkanes) is 13. The molecule has 0 aliphatic rings. The van der Waals surface area contributed by atoms with Crippen LogP contribution < -0.4 is 4.74 Å². The molecule has 33 heavy (non-hydrogen) atoms. The summed E-state index contributed by atoms with van der Waals surface area (Å²) >= 11 is 0. The van der Waals surface area contributed by atoms with E-state index < -0.39 is 0 Å². The maximum atomic E-state index is 11.9. The molecule has 0 aliphatic heterocycles. The summed E-state index contributed by atoms with van der Waals surface area (Å²) in [4.78, 5) is 23.8. The van der Waals surface area contributed by atoms with Crippen molar-refractivity contribution in [1.29, 1.82) is 0 Å². The fraction of sp³-hybridized carbons (Fsp3) is 0.724. The smallest absolute Gasteiger partial charge is 0.311 e. The van der Waals surface area contributed by atoms with Crippen LogP contribution in [0.4, 0.5) is 0 Å². The van der Waals surface area contributed by atoms with Crippen molar-refractivity contribution >= 4 is 11.9 Å². The first-order valence-corrected chi connectivity index (χ1v) is 13.6. The first-order valence-electron chi connectivity index (χ1n) is 13.6. The number of carbonyl (C=O) groups is 2. The van der Waals surface area contributed by atoms with Gasteiger partial charge in [-0.1, -0.05) is 109 Å². The lowest BCUT2D eigenvalue weighted by molar-refractivity contribution is -0.144. The topological polar surface area (TPSA) is 52.6 Å². The second-order valence-corrected chi connectivity index (χ2v) is 9.15. The van der Waals surface area contributed by atoms with Gasteiger partial charge in [0.1, 0.15) is 5.75 Å². The molecule has 0 heterocycles. The number of aryl methyl sites for hydroxylation is 1. The summed E-state index contributed by atoms with van der Waals surface area (Å²) in [7, 11) is 0. The molecule has 188 valence electrons. The lowest BCUT2D eigenvalue weighted by atomic mass is 10.0. The van der Waals surface area contributed by atoms with E-state index in [0.29, 0.717) is 18.8 Å². The van der Waals surface area contributed by atoms with Gasteiger partial charge in [-0.15, -0.1) is 0 Å². The summed E-state index contributed by atoms with van der Waals surface area (Å²) in [6, 6.07) is 7.55. The van der Waals surface area contributed by atoms with Gasteiger partial charge in [0.05, 0.1) is 6.61 Å². The highest BCUT2D eigenvalue weighted by Crippen LogP contribution is 2.15. The Bertz CT molecular complexity index is 626. The van der Waals surface area contributed by atoms with Gasteiger partial charge in [0.2, 0.25) is 0 Å². The molecule has 0 amide bonds. The normalized spacial score (nSPS) is 10.8. The molecule has 0 unspecified atom stereocenters. The quantitative estimate of drug-likeness (QED) is 0.105. The molecule has 1 aromatic rings. The molecule has 0 spiro atoms. The summed E-state index contributed by atoms with van der Waals surface area (Å²) in [5, 5.41) is 0. The minimum atomic E-state index is -0.303. The Morgan fingerprint density at radius 3 is 1.79 bits per heavy atom.